The van der Waals surface area contributed by atoms with Crippen LogP contribution in [-0.2, 0) is 5.75 Å². The van der Waals surface area contributed by atoms with E-state index in [0.29, 0.717) is 31.1 Å². The number of aromatic amines is 1. The van der Waals surface area contributed by atoms with Crippen molar-refractivity contribution in [1.82, 2.24) is 15.2 Å². The zero-order chi connectivity index (χ0) is 18.8. The Kier molecular flexibility index (Phi) is 4.97. The van der Waals surface area contributed by atoms with E-state index in [1.807, 2.05) is 0 Å². The normalized spacial score (nSPS) is 11.0. The fourth-order valence-corrected chi connectivity index (χ4v) is 4.27. The Labute approximate surface area is 165 Å². The van der Waals surface area contributed by atoms with Gasteiger partial charge in [-0.25, -0.2) is 0 Å². The summed E-state index contributed by atoms with van der Waals surface area (Å²) in [6.07, 6.45) is 1.42. The molecule has 0 aliphatic rings. The first-order chi connectivity index (χ1) is 13.1. The Hall–Kier alpha value is -2.62. The first-order valence-corrected chi connectivity index (χ1v) is 9.90. The molecule has 0 unspecified atom stereocenters. The largest absolute Gasteiger partial charge is 0.459 e. The molecule has 1 aromatic carbocycles. The fraction of sp³-hybridized carbons (Fsp3) is 0.0588. The van der Waals surface area contributed by atoms with Crippen LogP contribution >= 0.6 is 34.7 Å². The number of pyridine rings is 1. The first kappa shape index (κ1) is 17.8. The number of nitrogens with zero attached hydrogens (tertiary/aromatic N) is 2. The van der Waals surface area contributed by atoms with Crippen molar-refractivity contribution in [3.8, 4) is 0 Å². The number of amides is 1. The van der Waals surface area contributed by atoms with Gasteiger partial charge in [-0.3, -0.25) is 14.9 Å². The molecule has 0 aliphatic carbocycles. The number of fused-ring (bicyclic) bond motifs is 1. The zero-order valence-corrected chi connectivity index (χ0v) is 16.0. The van der Waals surface area contributed by atoms with Gasteiger partial charge in [-0.2, -0.15) is 0 Å². The Morgan fingerprint density at radius 1 is 1.30 bits per heavy atom. The molecule has 0 bridgehead atoms. The minimum Gasteiger partial charge on any atom is -0.459 e. The summed E-state index contributed by atoms with van der Waals surface area (Å²) in [6, 6.07) is 9.95. The summed E-state index contributed by atoms with van der Waals surface area (Å²) in [7, 11) is 0. The molecule has 0 radical (unpaired) electrons. The number of nitrogens with one attached hydrogen (secondary N) is 2. The maximum Gasteiger partial charge on any atom is 0.293 e. The molecule has 3 heterocycles. The number of rotatable bonds is 5. The SMILES string of the molecule is O=C(Nc1nnc(SCc2cc(=O)c3cccc(Cl)c3[nH]2)s1)c1ccco1. The van der Waals surface area contributed by atoms with E-state index in [9.17, 15) is 9.59 Å². The lowest BCUT2D eigenvalue weighted by Gasteiger charge is -2.04. The van der Waals surface area contributed by atoms with Gasteiger partial charge in [-0.1, -0.05) is 40.8 Å². The Morgan fingerprint density at radius 2 is 2.19 bits per heavy atom. The zero-order valence-electron chi connectivity index (χ0n) is 13.6. The summed E-state index contributed by atoms with van der Waals surface area (Å²) >= 11 is 8.80. The Morgan fingerprint density at radius 3 is 3.00 bits per heavy atom. The molecule has 1 amide bonds. The van der Waals surface area contributed by atoms with Crippen molar-refractivity contribution in [2.75, 3.05) is 5.32 Å². The average molecular weight is 419 g/mol. The van der Waals surface area contributed by atoms with Crippen molar-refractivity contribution in [2.45, 2.75) is 10.1 Å². The molecular formula is C17H11ClN4O3S2. The molecule has 3 aromatic heterocycles. The number of furan rings is 1. The van der Waals surface area contributed by atoms with E-state index in [1.165, 1.54) is 29.4 Å². The van der Waals surface area contributed by atoms with Crippen LogP contribution in [0.1, 0.15) is 16.2 Å². The molecule has 7 nitrogen and oxygen atoms in total. The van der Waals surface area contributed by atoms with Gasteiger partial charge in [0.05, 0.1) is 16.8 Å². The molecule has 27 heavy (non-hydrogen) atoms. The topological polar surface area (TPSA) is 101 Å². The van der Waals surface area contributed by atoms with Gasteiger partial charge in [-0.05, 0) is 24.3 Å². The fourth-order valence-electron chi connectivity index (χ4n) is 2.39. The molecule has 0 saturated carbocycles. The second-order valence-corrected chi connectivity index (χ2v) is 8.02. The average Bonchev–Trinajstić information content (AvgIpc) is 3.33. The molecule has 4 rings (SSSR count). The Balaban J connectivity index is 1.46. The first-order valence-electron chi connectivity index (χ1n) is 7.72. The lowest BCUT2D eigenvalue weighted by Crippen LogP contribution is -2.10. The van der Waals surface area contributed by atoms with Gasteiger partial charge < -0.3 is 9.40 Å². The van der Waals surface area contributed by atoms with E-state index in [1.54, 1.807) is 36.4 Å². The van der Waals surface area contributed by atoms with Gasteiger partial charge in [0.2, 0.25) is 5.13 Å². The van der Waals surface area contributed by atoms with Crippen molar-refractivity contribution < 1.29 is 9.21 Å². The van der Waals surface area contributed by atoms with E-state index >= 15 is 0 Å². The van der Waals surface area contributed by atoms with Gasteiger partial charge in [0.15, 0.2) is 15.5 Å². The molecule has 0 aliphatic heterocycles. The molecule has 0 atom stereocenters. The third-order valence-electron chi connectivity index (χ3n) is 3.59. The molecule has 4 aromatic rings. The third kappa shape index (κ3) is 3.90. The Bertz CT molecular complexity index is 1170. The summed E-state index contributed by atoms with van der Waals surface area (Å²) < 4.78 is 5.69. The van der Waals surface area contributed by atoms with Crippen molar-refractivity contribution in [3.05, 3.63) is 69.4 Å². The number of carbonyl (C=O) groups excluding carboxylic acids is 1. The number of anilines is 1. The molecule has 10 heteroatoms. The number of hydrogen-bond acceptors (Lipinski definition) is 7. The molecule has 0 fully saturated rings. The summed E-state index contributed by atoms with van der Waals surface area (Å²) in [5.41, 5.74) is 1.25. The van der Waals surface area contributed by atoms with Gasteiger partial charge in [-0.15, -0.1) is 10.2 Å². The standard InChI is InChI=1S/C17H11ClN4O3S2/c18-11-4-1-3-10-12(23)7-9(19-14(10)11)8-26-17-22-21-16(27-17)20-15(24)13-5-2-6-25-13/h1-7H,8H2,(H,19,23)(H,20,21,24). The predicted octanol–water partition coefficient (Wildman–Crippen LogP) is 4.17. The van der Waals surface area contributed by atoms with E-state index in [4.69, 9.17) is 16.0 Å². The minimum atomic E-state index is -0.388. The quantitative estimate of drug-likeness (QED) is 0.372. The van der Waals surface area contributed by atoms with Gasteiger partial charge in [0.1, 0.15) is 0 Å². The number of carbonyl (C=O) groups is 1. The van der Waals surface area contributed by atoms with Crippen molar-refractivity contribution >= 4 is 56.6 Å². The second kappa shape index (κ2) is 7.55. The maximum atomic E-state index is 12.2. The molecule has 0 spiro atoms. The predicted molar refractivity (Wildman–Crippen MR) is 106 cm³/mol. The third-order valence-corrected chi connectivity index (χ3v) is 5.93. The van der Waals surface area contributed by atoms with Crippen LogP contribution in [0, 0.1) is 0 Å². The monoisotopic (exact) mass is 418 g/mol. The highest BCUT2D eigenvalue weighted by Gasteiger charge is 2.13. The van der Waals surface area contributed by atoms with Crippen LogP contribution < -0.4 is 10.7 Å². The summed E-state index contributed by atoms with van der Waals surface area (Å²) in [5, 5.41) is 12.0. The number of para-hydroxylation sites is 1. The number of aromatic nitrogens is 3. The van der Waals surface area contributed by atoms with Gasteiger partial charge in [0.25, 0.3) is 5.91 Å². The summed E-state index contributed by atoms with van der Waals surface area (Å²) in [5.74, 6) is 0.295. The smallest absolute Gasteiger partial charge is 0.293 e. The minimum absolute atomic E-state index is 0.0921. The van der Waals surface area contributed by atoms with Crippen molar-refractivity contribution in [3.63, 3.8) is 0 Å². The van der Waals surface area contributed by atoms with E-state index in [2.05, 4.69) is 20.5 Å². The summed E-state index contributed by atoms with van der Waals surface area (Å²) in [4.78, 5) is 27.3. The number of H-pyrrole nitrogens is 1. The van der Waals surface area contributed by atoms with Crippen LogP contribution in [0.2, 0.25) is 5.02 Å². The van der Waals surface area contributed by atoms with Crippen molar-refractivity contribution in [1.29, 1.82) is 0 Å². The van der Waals surface area contributed by atoms with Crippen LogP contribution in [-0.4, -0.2) is 21.1 Å². The van der Waals surface area contributed by atoms with Crippen LogP contribution in [0.4, 0.5) is 5.13 Å². The van der Waals surface area contributed by atoms with Crippen LogP contribution in [0.5, 0.6) is 0 Å². The van der Waals surface area contributed by atoms with E-state index in [0.717, 1.165) is 5.69 Å². The molecule has 0 saturated heterocycles. The number of halogens is 1. The highest BCUT2D eigenvalue weighted by Crippen LogP contribution is 2.28. The number of thioether (sulfide) groups is 1. The lowest BCUT2D eigenvalue weighted by molar-refractivity contribution is 0.0996. The second-order valence-electron chi connectivity index (χ2n) is 5.41. The summed E-state index contributed by atoms with van der Waals surface area (Å²) in [6.45, 7) is 0. The number of hydrogen-bond donors (Lipinski definition) is 2. The van der Waals surface area contributed by atoms with E-state index < -0.39 is 0 Å². The van der Waals surface area contributed by atoms with Gasteiger partial charge >= 0.3 is 0 Å². The highest BCUT2D eigenvalue weighted by molar-refractivity contribution is 8.00. The van der Waals surface area contributed by atoms with Gasteiger partial charge in [0, 0.05) is 22.9 Å². The van der Waals surface area contributed by atoms with Crippen LogP contribution in [0.15, 0.2) is 56.2 Å². The van der Waals surface area contributed by atoms with Crippen molar-refractivity contribution in [2.24, 2.45) is 0 Å². The lowest BCUT2D eigenvalue weighted by atomic mass is 10.2. The molecule has 136 valence electrons. The van der Waals surface area contributed by atoms with Crippen LogP contribution in [0.25, 0.3) is 10.9 Å². The highest BCUT2D eigenvalue weighted by atomic mass is 35.5. The maximum absolute atomic E-state index is 12.2. The van der Waals surface area contributed by atoms with Crippen LogP contribution in [0.3, 0.4) is 0 Å². The number of benzene rings is 1. The molecule has 2 N–H and O–H groups in total. The van der Waals surface area contributed by atoms with E-state index in [-0.39, 0.29) is 17.1 Å². The molecular weight excluding hydrogens is 408 g/mol.